The summed E-state index contributed by atoms with van der Waals surface area (Å²) in [6.45, 7) is 1.82. The molecule has 0 aliphatic carbocycles. The number of hydrogen-bond donors (Lipinski definition) is 2. The number of nitrogens with zero attached hydrogens (tertiary/aromatic N) is 4. The van der Waals surface area contributed by atoms with E-state index in [1.165, 1.54) is 10.9 Å². The number of ether oxygens (including phenoxy) is 1. The van der Waals surface area contributed by atoms with Gasteiger partial charge >= 0.3 is 12.1 Å². The molecule has 0 saturated heterocycles. The van der Waals surface area contributed by atoms with Crippen molar-refractivity contribution in [1.82, 2.24) is 20.0 Å². The predicted molar refractivity (Wildman–Crippen MR) is 83.3 cm³/mol. The highest BCUT2D eigenvalue weighted by atomic mass is 16.5. The van der Waals surface area contributed by atoms with Gasteiger partial charge in [0.05, 0.1) is 12.8 Å². The van der Waals surface area contributed by atoms with E-state index in [1.807, 2.05) is 12.1 Å². The molecule has 0 spiro atoms. The Balaban J connectivity index is 1.58. The lowest BCUT2D eigenvalue weighted by Crippen LogP contribution is -2.19. The molecule has 24 heavy (non-hydrogen) atoms. The zero-order valence-electron chi connectivity index (χ0n) is 12.7. The SMILES string of the molecule is CCOC(=O)Nc1cn(CC(=O)Nc2nc3ccccc3o2)nn1. The van der Waals surface area contributed by atoms with Crippen molar-refractivity contribution in [3.05, 3.63) is 30.5 Å². The molecule has 10 nitrogen and oxygen atoms in total. The third-order valence-electron chi connectivity index (χ3n) is 2.89. The second-order valence-corrected chi connectivity index (χ2v) is 4.68. The number of carbonyl (C=O) groups is 2. The topological polar surface area (TPSA) is 124 Å². The van der Waals surface area contributed by atoms with Crippen molar-refractivity contribution in [3.63, 3.8) is 0 Å². The quantitative estimate of drug-likeness (QED) is 0.728. The Morgan fingerprint density at radius 1 is 1.29 bits per heavy atom. The summed E-state index contributed by atoms with van der Waals surface area (Å²) in [4.78, 5) is 27.4. The summed E-state index contributed by atoms with van der Waals surface area (Å²) < 4.78 is 11.4. The van der Waals surface area contributed by atoms with Crippen LogP contribution >= 0.6 is 0 Å². The maximum atomic E-state index is 12.0. The molecule has 0 aliphatic heterocycles. The molecule has 2 aromatic heterocycles. The molecule has 2 amide bonds. The van der Waals surface area contributed by atoms with Crippen molar-refractivity contribution in [3.8, 4) is 0 Å². The van der Waals surface area contributed by atoms with E-state index in [0.29, 0.717) is 11.1 Å². The number of nitrogens with one attached hydrogen (secondary N) is 2. The largest absolute Gasteiger partial charge is 0.450 e. The molecule has 3 rings (SSSR count). The zero-order valence-corrected chi connectivity index (χ0v) is 12.7. The Hall–Kier alpha value is -3.43. The summed E-state index contributed by atoms with van der Waals surface area (Å²) >= 11 is 0. The number of hydrogen-bond acceptors (Lipinski definition) is 7. The van der Waals surface area contributed by atoms with Crippen LogP contribution in [0.1, 0.15) is 6.92 Å². The minimum absolute atomic E-state index is 0.103. The van der Waals surface area contributed by atoms with Crippen molar-refractivity contribution in [1.29, 1.82) is 0 Å². The first kappa shape index (κ1) is 15.5. The van der Waals surface area contributed by atoms with Gasteiger partial charge in [0.15, 0.2) is 11.4 Å². The summed E-state index contributed by atoms with van der Waals surface area (Å²) in [6.07, 6.45) is 0.767. The summed E-state index contributed by atoms with van der Waals surface area (Å²) in [5, 5.41) is 12.4. The number of anilines is 2. The number of para-hydroxylation sites is 2. The van der Waals surface area contributed by atoms with Crippen LogP contribution in [0.5, 0.6) is 0 Å². The molecule has 2 heterocycles. The summed E-state index contributed by atoms with van der Waals surface area (Å²) in [6, 6.07) is 7.27. The lowest BCUT2D eigenvalue weighted by Gasteiger charge is -2.01. The van der Waals surface area contributed by atoms with Crippen molar-refractivity contribution < 1.29 is 18.7 Å². The average molecular weight is 330 g/mol. The van der Waals surface area contributed by atoms with Crippen LogP contribution in [-0.2, 0) is 16.1 Å². The maximum absolute atomic E-state index is 12.0. The Morgan fingerprint density at radius 2 is 2.12 bits per heavy atom. The highest BCUT2D eigenvalue weighted by Gasteiger charge is 2.12. The molecule has 10 heteroatoms. The van der Waals surface area contributed by atoms with Crippen molar-refractivity contribution in [2.24, 2.45) is 0 Å². The molecule has 0 fully saturated rings. The average Bonchev–Trinajstić information content (AvgIpc) is 3.13. The van der Waals surface area contributed by atoms with Crippen LogP contribution in [0.25, 0.3) is 11.1 Å². The molecule has 0 saturated carbocycles. The first-order chi connectivity index (χ1) is 11.6. The summed E-state index contributed by atoms with van der Waals surface area (Å²) in [7, 11) is 0. The molecule has 0 unspecified atom stereocenters. The van der Waals surface area contributed by atoms with E-state index < -0.39 is 12.0 Å². The van der Waals surface area contributed by atoms with E-state index in [9.17, 15) is 9.59 Å². The van der Waals surface area contributed by atoms with Crippen LogP contribution in [0.15, 0.2) is 34.9 Å². The van der Waals surface area contributed by atoms with Crippen LogP contribution in [0.4, 0.5) is 16.6 Å². The third kappa shape index (κ3) is 3.66. The van der Waals surface area contributed by atoms with Crippen LogP contribution < -0.4 is 10.6 Å². The summed E-state index contributed by atoms with van der Waals surface area (Å²) in [5.41, 5.74) is 1.23. The molecule has 1 aromatic carbocycles. The Morgan fingerprint density at radius 3 is 2.92 bits per heavy atom. The van der Waals surface area contributed by atoms with Crippen LogP contribution in [0.3, 0.4) is 0 Å². The van der Waals surface area contributed by atoms with Gasteiger partial charge in [-0.05, 0) is 19.1 Å². The zero-order chi connectivity index (χ0) is 16.9. The minimum atomic E-state index is -0.638. The number of amides is 2. The number of oxazole rings is 1. The molecule has 2 N–H and O–H groups in total. The number of fused-ring (bicyclic) bond motifs is 1. The van der Waals surface area contributed by atoms with Gasteiger partial charge in [-0.1, -0.05) is 17.3 Å². The van der Waals surface area contributed by atoms with E-state index in [-0.39, 0.29) is 25.0 Å². The van der Waals surface area contributed by atoms with Gasteiger partial charge in [0.25, 0.3) is 0 Å². The van der Waals surface area contributed by atoms with Crippen molar-refractivity contribution >= 4 is 34.9 Å². The maximum Gasteiger partial charge on any atom is 0.412 e. The Kier molecular flexibility index (Phi) is 4.36. The van der Waals surface area contributed by atoms with Gasteiger partial charge in [-0.3, -0.25) is 15.4 Å². The van der Waals surface area contributed by atoms with Gasteiger partial charge in [-0.2, -0.15) is 4.98 Å². The van der Waals surface area contributed by atoms with E-state index in [1.54, 1.807) is 19.1 Å². The lowest BCUT2D eigenvalue weighted by atomic mass is 10.3. The van der Waals surface area contributed by atoms with Gasteiger partial charge in [-0.15, -0.1) is 5.10 Å². The van der Waals surface area contributed by atoms with E-state index in [2.05, 4.69) is 25.9 Å². The highest BCUT2D eigenvalue weighted by molar-refractivity contribution is 5.90. The summed E-state index contributed by atoms with van der Waals surface area (Å²) in [5.74, 6) is -0.211. The van der Waals surface area contributed by atoms with Gasteiger partial charge in [0, 0.05) is 0 Å². The molecule has 0 atom stereocenters. The van der Waals surface area contributed by atoms with Gasteiger partial charge in [0.1, 0.15) is 12.1 Å². The standard InChI is InChI=1S/C14H14N6O4/c1-2-23-14(22)16-11-7-20(19-18-11)8-12(21)17-13-15-9-5-3-4-6-10(9)24-13/h3-7H,2,8H2,1H3,(H,16,22)(H,15,17,21). The monoisotopic (exact) mass is 330 g/mol. The fourth-order valence-corrected chi connectivity index (χ4v) is 1.94. The highest BCUT2D eigenvalue weighted by Crippen LogP contribution is 2.17. The van der Waals surface area contributed by atoms with Crippen LogP contribution in [0, 0.1) is 0 Å². The van der Waals surface area contributed by atoms with E-state index >= 15 is 0 Å². The number of rotatable bonds is 5. The number of aromatic nitrogens is 4. The van der Waals surface area contributed by atoms with Crippen LogP contribution in [0.2, 0.25) is 0 Å². The first-order valence-corrected chi connectivity index (χ1v) is 7.13. The molecule has 0 radical (unpaired) electrons. The second-order valence-electron chi connectivity index (χ2n) is 4.68. The van der Waals surface area contributed by atoms with Crippen molar-refractivity contribution in [2.45, 2.75) is 13.5 Å². The third-order valence-corrected chi connectivity index (χ3v) is 2.89. The molecule has 3 aromatic rings. The van der Waals surface area contributed by atoms with Gasteiger partial charge in [-0.25, -0.2) is 9.48 Å². The van der Waals surface area contributed by atoms with E-state index in [0.717, 1.165) is 0 Å². The van der Waals surface area contributed by atoms with Gasteiger partial charge < -0.3 is 9.15 Å². The van der Waals surface area contributed by atoms with Crippen molar-refractivity contribution in [2.75, 3.05) is 17.2 Å². The molecular formula is C14H14N6O4. The normalized spacial score (nSPS) is 10.5. The fraction of sp³-hybridized carbons (Fsp3) is 0.214. The predicted octanol–water partition coefficient (Wildman–Crippen LogP) is 1.63. The number of carbonyl (C=O) groups excluding carboxylic acids is 2. The van der Waals surface area contributed by atoms with E-state index in [4.69, 9.17) is 9.15 Å². The first-order valence-electron chi connectivity index (χ1n) is 7.13. The lowest BCUT2D eigenvalue weighted by molar-refractivity contribution is -0.117. The Labute approximate surface area is 135 Å². The Bertz CT molecular complexity index is 838. The minimum Gasteiger partial charge on any atom is -0.450 e. The van der Waals surface area contributed by atoms with Gasteiger partial charge in [0.2, 0.25) is 5.91 Å². The molecule has 124 valence electrons. The molecule has 0 aliphatic rings. The molecular weight excluding hydrogens is 316 g/mol. The molecule has 0 bridgehead atoms. The number of benzene rings is 1. The van der Waals surface area contributed by atoms with Crippen LogP contribution in [-0.4, -0.2) is 38.6 Å². The fourth-order valence-electron chi connectivity index (χ4n) is 1.94. The second kappa shape index (κ2) is 6.77. The smallest absolute Gasteiger partial charge is 0.412 e.